The van der Waals surface area contributed by atoms with Gasteiger partial charge in [0.25, 0.3) is 0 Å². The van der Waals surface area contributed by atoms with Gasteiger partial charge in [0.05, 0.1) is 0 Å². The summed E-state index contributed by atoms with van der Waals surface area (Å²) in [5.41, 5.74) is 3.56. The minimum Gasteiger partial charge on any atom is -0.316 e. The van der Waals surface area contributed by atoms with Gasteiger partial charge in [-0.05, 0) is 38.1 Å². The molecular formula is C12H16ClN. The van der Waals surface area contributed by atoms with Crippen LogP contribution >= 0.6 is 11.6 Å². The van der Waals surface area contributed by atoms with Crippen molar-refractivity contribution < 1.29 is 0 Å². The molecule has 0 saturated carbocycles. The molecule has 0 saturated heterocycles. The summed E-state index contributed by atoms with van der Waals surface area (Å²) < 4.78 is 0. The molecule has 0 bridgehead atoms. The summed E-state index contributed by atoms with van der Waals surface area (Å²) in [6, 6.07) is 6.11. The smallest absolute Gasteiger partial charge is 0.0480 e. The van der Waals surface area contributed by atoms with E-state index < -0.39 is 0 Å². The molecule has 1 nitrogen and oxygen atoms in total. The number of nitrogens with one attached hydrogen (secondary N) is 1. The number of hydrogen-bond acceptors (Lipinski definition) is 1. The second kappa shape index (κ2) is 5.18. The quantitative estimate of drug-likeness (QED) is 0.806. The summed E-state index contributed by atoms with van der Waals surface area (Å²) in [6.45, 7) is 5.02. The maximum Gasteiger partial charge on any atom is 0.0480 e. The molecule has 0 aliphatic carbocycles. The molecule has 0 spiro atoms. The highest BCUT2D eigenvalue weighted by Gasteiger charge is 1.97. The molecule has 0 radical (unpaired) electrons. The van der Waals surface area contributed by atoms with Crippen LogP contribution in [0.3, 0.4) is 0 Å². The second-order valence-corrected chi connectivity index (χ2v) is 3.95. The van der Waals surface area contributed by atoms with E-state index >= 15 is 0 Å². The number of benzene rings is 1. The second-order valence-electron chi connectivity index (χ2n) is 3.55. The van der Waals surface area contributed by atoms with Gasteiger partial charge in [-0.25, -0.2) is 0 Å². The van der Waals surface area contributed by atoms with E-state index in [4.69, 9.17) is 11.6 Å². The molecule has 0 heterocycles. The van der Waals surface area contributed by atoms with E-state index in [1.807, 2.05) is 20.0 Å². The lowest BCUT2D eigenvalue weighted by Crippen LogP contribution is -2.08. The first-order chi connectivity index (χ1) is 6.63. The third-order valence-electron chi connectivity index (χ3n) is 2.01. The molecule has 1 aromatic rings. The lowest BCUT2D eigenvalue weighted by molar-refractivity contribution is 0.884. The largest absolute Gasteiger partial charge is 0.316 e. The van der Waals surface area contributed by atoms with Gasteiger partial charge in [-0.1, -0.05) is 35.4 Å². The molecule has 76 valence electrons. The summed E-state index contributed by atoms with van der Waals surface area (Å²) in [4.78, 5) is 0. The average Bonchev–Trinajstić information content (AvgIpc) is 2.10. The van der Waals surface area contributed by atoms with E-state index in [1.165, 1.54) is 11.1 Å². The van der Waals surface area contributed by atoms with Crippen molar-refractivity contribution in [3.8, 4) is 0 Å². The molecular weight excluding hydrogens is 194 g/mol. The van der Waals surface area contributed by atoms with Crippen molar-refractivity contribution in [1.29, 1.82) is 0 Å². The Balaban J connectivity index is 2.91. The van der Waals surface area contributed by atoms with Crippen molar-refractivity contribution >= 4 is 17.7 Å². The molecule has 1 N–H and O–H groups in total. The minimum atomic E-state index is 0.820. The van der Waals surface area contributed by atoms with Crippen LogP contribution in [0.15, 0.2) is 23.8 Å². The molecule has 0 aliphatic heterocycles. The van der Waals surface area contributed by atoms with Gasteiger partial charge in [0.2, 0.25) is 0 Å². The van der Waals surface area contributed by atoms with Crippen LogP contribution in [-0.4, -0.2) is 13.6 Å². The number of hydrogen-bond donors (Lipinski definition) is 1. The summed E-state index contributed by atoms with van der Waals surface area (Å²) >= 11 is 6.11. The van der Waals surface area contributed by atoms with Crippen LogP contribution in [0.5, 0.6) is 0 Å². The molecule has 0 aliphatic rings. The van der Waals surface area contributed by atoms with Crippen molar-refractivity contribution in [2.45, 2.75) is 13.8 Å². The van der Waals surface area contributed by atoms with Crippen LogP contribution in [-0.2, 0) is 0 Å². The minimum absolute atomic E-state index is 0.820. The van der Waals surface area contributed by atoms with Crippen LogP contribution in [0.25, 0.3) is 6.08 Å². The fourth-order valence-corrected chi connectivity index (χ4v) is 1.63. The van der Waals surface area contributed by atoms with E-state index in [9.17, 15) is 0 Å². The van der Waals surface area contributed by atoms with Gasteiger partial charge in [-0.15, -0.1) is 0 Å². The van der Waals surface area contributed by atoms with Gasteiger partial charge in [0.15, 0.2) is 0 Å². The van der Waals surface area contributed by atoms with Crippen LogP contribution < -0.4 is 5.32 Å². The highest BCUT2D eigenvalue weighted by Crippen LogP contribution is 2.19. The van der Waals surface area contributed by atoms with E-state index in [-0.39, 0.29) is 0 Å². The Bertz CT molecular complexity index is 342. The normalized spacial score (nSPS) is 11.9. The van der Waals surface area contributed by atoms with E-state index in [1.54, 1.807) is 0 Å². The van der Waals surface area contributed by atoms with Crippen LogP contribution in [0.2, 0.25) is 5.02 Å². The first-order valence-corrected chi connectivity index (χ1v) is 5.09. The SMILES string of the molecule is CNC/C(C)=C/c1ccc(C)cc1Cl. The Labute approximate surface area is 90.8 Å². The van der Waals surface area contributed by atoms with Crippen molar-refractivity contribution in [3.63, 3.8) is 0 Å². The van der Waals surface area contributed by atoms with Gasteiger partial charge in [0, 0.05) is 11.6 Å². The Morgan fingerprint density at radius 2 is 2.21 bits per heavy atom. The summed E-state index contributed by atoms with van der Waals surface area (Å²) in [5, 5.41) is 3.93. The van der Waals surface area contributed by atoms with Crippen LogP contribution in [0.4, 0.5) is 0 Å². The number of rotatable bonds is 3. The topological polar surface area (TPSA) is 12.0 Å². The highest BCUT2D eigenvalue weighted by atomic mass is 35.5. The lowest BCUT2D eigenvalue weighted by atomic mass is 10.1. The van der Waals surface area contributed by atoms with Gasteiger partial charge in [0.1, 0.15) is 0 Å². The fourth-order valence-electron chi connectivity index (χ4n) is 1.34. The first kappa shape index (κ1) is 11.3. The van der Waals surface area contributed by atoms with Crippen LogP contribution in [0.1, 0.15) is 18.1 Å². The Morgan fingerprint density at radius 3 is 2.79 bits per heavy atom. The van der Waals surface area contributed by atoms with Crippen molar-refractivity contribution in [2.24, 2.45) is 0 Å². The average molecular weight is 210 g/mol. The Morgan fingerprint density at radius 1 is 1.50 bits per heavy atom. The molecule has 1 rings (SSSR count). The molecule has 14 heavy (non-hydrogen) atoms. The maximum atomic E-state index is 6.11. The number of halogens is 1. The van der Waals surface area contributed by atoms with Crippen molar-refractivity contribution in [2.75, 3.05) is 13.6 Å². The van der Waals surface area contributed by atoms with Crippen molar-refractivity contribution in [3.05, 3.63) is 39.9 Å². The molecule has 1 aromatic carbocycles. The Hall–Kier alpha value is -0.790. The zero-order chi connectivity index (χ0) is 10.6. The number of aryl methyl sites for hydroxylation is 1. The van der Waals surface area contributed by atoms with Crippen LogP contribution in [0, 0.1) is 6.92 Å². The van der Waals surface area contributed by atoms with E-state index in [2.05, 4.69) is 30.4 Å². The molecule has 0 fully saturated rings. The molecule has 0 amide bonds. The molecule has 0 aromatic heterocycles. The predicted octanol–water partition coefficient (Wildman–Crippen LogP) is 3.27. The Kier molecular flexibility index (Phi) is 4.18. The van der Waals surface area contributed by atoms with Gasteiger partial charge in [-0.3, -0.25) is 0 Å². The van der Waals surface area contributed by atoms with E-state index in [0.717, 1.165) is 17.1 Å². The maximum absolute atomic E-state index is 6.11. The third kappa shape index (κ3) is 3.17. The molecule has 2 heteroatoms. The molecule has 0 atom stereocenters. The van der Waals surface area contributed by atoms with Gasteiger partial charge in [-0.2, -0.15) is 0 Å². The fraction of sp³-hybridized carbons (Fsp3) is 0.333. The summed E-state index contributed by atoms with van der Waals surface area (Å²) in [7, 11) is 1.94. The molecule has 0 unspecified atom stereocenters. The predicted molar refractivity (Wildman–Crippen MR) is 63.8 cm³/mol. The number of likely N-dealkylation sites (N-methyl/N-ethyl adjacent to an activating group) is 1. The van der Waals surface area contributed by atoms with Gasteiger partial charge >= 0.3 is 0 Å². The first-order valence-electron chi connectivity index (χ1n) is 4.71. The lowest BCUT2D eigenvalue weighted by Gasteiger charge is -2.03. The van der Waals surface area contributed by atoms with E-state index in [0.29, 0.717) is 0 Å². The van der Waals surface area contributed by atoms with Crippen molar-refractivity contribution in [1.82, 2.24) is 5.32 Å². The highest BCUT2D eigenvalue weighted by molar-refractivity contribution is 6.32. The van der Waals surface area contributed by atoms with Gasteiger partial charge < -0.3 is 5.32 Å². The monoisotopic (exact) mass is 209 g/mol. The summed E-state index contributed by atoms with van der Waals surface area (Å²) in [6.07, 6.45) is 2.11. The summed E-state index contributed by atoms with van der Waals surface area (Å²) in [5.74, 6) is 0. The zero-order valence-corrected chi connectivity index (χ0v) is 9.65. The third-order valence-corrected chi connectivity index (χ3v) is 2.34. The standard InChI is InChI=1S/C12H16ClN/c1-9-4-5-11(12(13)7-9)6-10(2)8-14-3/h4-7,14H,8H2,1-3H3/b10-6+. The zero-order valence-electron chi connectivity index (χ0n) is 8.89.